The van der Waals surface area contributed by atoms with Gasteiger partial charge in [-0.05, 0) is 31.2 Å². The van der Waals surface area contributed by atoms with Crippen molar-refractivity contribution in [2.45, 2.75) is 18.4 Å². The molecular formula is C17H17NO4S. The summed E-state index contributed by atoms with van der Waals surface area (Å²) in [5.74, 6) is 0.161. The molecule has 120 valence electrons. The van der Waals surface area contributed by atoms with Gasteiger partial charge in [-0.15, -0.1) is 0 Å². The molecule has 2 aromatic carbocycles. The molecule has 23 heavy (non-hydrogen) atoms. The van der Waals surface area contributed by atoms with Gasteiger partial charge in [0.05, 0.1) is 17.0 Å². The Morgan fingerprint density at radius 3 is 2.57 bits per heavy atom. The van der Waals surface area contributed by atoms with Gasteiger partial charge in [0, 0.05) is 18.1 Å². The first-order chi connectivity index (χ1) is 11.0. The van der Waals surface area contributed by atoms with Crippen molar-refractivity contribution in [3.8, 4) is 5.75 Å². The summed E-state index contributed by atoms with van der Waals surface area (Å²) in [6.45, 7) is 2.21. The van der Waals surface area contributed by atoms with Crippen molar-refractivity contribution in [1.82, 2.24) is 4.57 Å². The van der Waals surface area contributed by atoms with Crippen LogP contribution in [0.3, 0.4) is 0 Å². The van der Waals surface area contributed by atoms with Crippen molar-refractivity contribution in [1.29, 1.82) is 0 Å². The molecule has 0 saturated carbocycles. The van der Waals surface area contributed by atoms with E-state index in [1.807, 2.05) is 19.1 Å². The van der Waals surface area contributed by atoms with Crippen molar-refractivity contribution in [2.24, 2.45) is 0 Å². The first-order valence-corrected chi connectivity index (χ1v) is 8.61. The topological polar surface area (TPSA) is 68.5 Å². The van der Waals surface area contributed by atoms with Gasteiger partial charge in [-0.1, -0.05) is 29.8 Å². The molecule has 0 fully saturated rings. The van der Waals surface area contributed by atoms with Crippen LogP contribution in [0.4, 0.5) is 0 Å². The maximum Gasteiger partial charge on any atom is 0.297 e. The highest BCUT2D eigenvalue weighted by atomic mass is 32.2. The van der Waals surface area contributed by atoms with Gasteiger partial charge in [0.1, 0.15) is 5.75 Å². The van der Waals surface area contributed by atoms with Crippen LogP contribution in [0.2, 0.25) is 0 Å². The molecule has 0 saturated heterocycles. The van der Waals surface area contributed by atoms with Crippen molar-refractivity contribution in [2.75, 3.05) is 6.61 Å². The van der Waals surface area contributed by atoms with E-state index in [0.717, 1.165) is 10.9 Å². The first kappa shape index (κ1) is 15.6. The SMILES string of the molecule is Cc1ccc(S(=O)(=O)OCCn2ccc3cccc(O)c32)cc1. The fraction of sp³-hybridized carbons (Fsp3) is 0.176. The number of aromatic hydroxyl groups is 1. The summed E-state index contributed by atoms with van der Waals surface area (Å²) in [6.07, 6.45) is 1.80. The Balaban J connectivity index is 1.72. The van der Waals surface area contributed by atoms with Crippen LogP contribution in [0.25, 0.3) is 10.9 Å². The third kappa shape index (κ3) is 3.23. The Morgan fingerprint density at radius 1 is 1.09 bits per heavy atom. The monoisotopic (exact) mass is 331 g/mol. The van der Waals surface area contributed by atoms with Crippen LogP contribution >= 0.6 is 0 Å². The summed E-state index contributed by atoms with van der Waals surface area (Å²) in [6, 6.07) is 13.6. The van der Waals surface area contributed by atoms with Gasteiger partial charge < -0.3 is 9.67 Å². The number of fused-ring (bicyclic) bond motifs is 1. The fourth-order valence-electron chi connectivity index (χ4n) is 2.45. The van der Waals surface area contributed by atoms with Crippen molar-refractivity contribution in [3.63, 3.8) is 0 Å². The number of phenolic OH excluding ortho intramolecular Hbond substituents is 1. The first-order valence-electron chi connectivity index (χ1n) is 7.20. The minimum atomic E-state index is -3.77. The maximum atomic E-state index is 12.1. The Hall–Kier alpha value is -2.31. The molecule has 6 heteroatoms. The van der Waals surface area contributed by atoms with E-state index in [0.29, 0.717) is 12.1 Å². The predicted molar refractivity (Wildman–Crippen MR) is 87.9 cm³/mol. The molecule has 0 bridgehead atoms. The van der Waals surface area contributed by atoms with Crippen LogP contribution in [0.15, 0.2) is 59.6 Å². The lowest BCUT2D eigenvalue weighted by Crippen LogP contribution is -2.11. The molecule has 0 aliphatic carbocycles. The van der Waals surface area contributed by atoms with Crippen LogP contribution in [0, 0.1) is 6.92 Å². The number of hydrogen-bond donors (Lipinski definition) is 1. The fourth-order valence-corrected chi connectivity index (χ4v) is 3.35. The van der Waals surface area contributed by atoms with Crippen LogP contribution in [0.5, 0.6) is 5.75 Å². The molecule has 0 amide bonds. The lowest BCUT2D eigenvalue weighted by Gasteiger charge is -2.08. The highest BCUT2D eigenvalue weighted by Gasteiger charge is 2.15. The molecule has 1 N–H and O–H groups in total. The smallest absolute Gasteiger partial charge is 0.297 e. The van der Waals surface area contributed by atoms with Crippen molar-refractivity contribution >= 4 is 21.0 Å². The maximum absolute atomic E-state index is 12.1. The second-order valence-corrected chi connectivity index (χ2v) is 6.93. The average Bonchev–Trinajstić information content (AvgIpc) is 2.92. The van der Waals surface area contributed by atoms with Gasteiger partial charge in [0.25, 0.3) is 10.1 Å². The van der Waals surface area contributed by atoms with Gasteiger partial charge in [0.15, 0.2) is 0 Å². The lowest BCUT2D eigenvalue weighted by atomic mass is 10.2. The van der Waals surface area contributed by atoms with E-state index < -0.39 is 10.1 Å². The van der Waals surface area contributed by atoms with E-state index >= 15 is 0 Å². The summed E-state index contributed by atoms with van der Waals surface area (Å²) < 4.78 is 31.1. The molecular weight excluding hydrogens is 314 g/mol. The molecule has 1 aromatic heterocycles. The highest BCUT2D eigenvalue weighted by Crippen LogP contribution is 2.25. The average molecular weight is 331 g/mol. The van der Waals surface area contributed by atoms with Gasteiger partial charge in [0.2, 0.25) is 0 Å². The molecule has 0 radical (unpaired) electrons. The molecule has 0 atom stereocenters. The second-order valence-electron chi connectivity index (χ2n) is 5.31. The summed E-state index contributed by atoms with van der Waals surface area (Å²) in [4.78, 5) is 0.142. The molecule has 0 spiro atoms. The molecule has 0 aliphatic rings. The zero-order valence-corrected chi connectivity index (χ0v) is 13.5. The van der Waals surface area contributed by atoms with Crippen molar-refractivity contribution in [3.05, 3.63) is 60.3 Å². The van der Waals surface area contributed by atoms with Gasteiger partial charge in [-0.3, -0.25) is 4.18 Å². The van der Waals surface area contributed by atoms with E-state index in [1.54, 1.807) is 35.0 Å². The number of rotatable bonds is 5. The van der Waals surface area contributed by atoms with E-state index in [4.69, 9.17) is 4.18 Å². The largest absolute Gasteiger partial charge is 0.506 e. The number of hydrogen-bond acceptors (Lipinski definition) is 4. The summed E-state index contributed by atoms with van der Waals surface area (Å²) >= 11 is 0. The number of nitrogens with zero attached hydrogens (tertiary/aromatic N) is 1. The zero-order chi connectivity index (χ0) is 16.4. The van der Waals surface area contributed by atoms with Crippen LogP contribution in [-0.4, -0.2) is 24.7 Å². The Kier molecular flexibility index (Phi) is 4.11. The van der Waals surface area contributed by atoms with Crippen molar-refractivity contribution < 1.29 is 17.7 Å². The molecule has 0 unspecified atom stereocenters. The normalized spacial score (nSPS) is 11.9. The van der Waals surface area contributed by atoms with E-state index in [1.165, 1.54) is 12.1 Å². The van der Waals surface area contributed by atoms with Crippen LogP contribution in [0.1, 0.15) is 5.56 Å². The zero-order valence-electron chi connectivity index (χ0n) is 12.6. The van der Waals surface area contributed by atoms with Crippen LogP contribution < -0.4 is 0 Å². The highest BCUT2D eigenvalue weighted by molar-refractivity contribution is 7.86. The van der Waals surface area contributed by atoms with E-state index in [-0.39, 0.29) is 17.3 Å². The number of aryl methyl sites for hydroxylation is 1. The molecule has 3 rings (SSSR count). The van der Waals surface area contributed by atoms with Gasteiger partial charge in [-0.2, -0.15) is 8.42 Å². The van der Waals surface area contributed by atoms with Gasteiger partial charge >= 0.3 is 0 Å². The Labute approximate surface area is 134 Å². The molecule has 0 aliphatic heterocycles. The Bertz CT molecular complexity index is 927. The Morgan fingerprint density at radius 2 is 1.83 bits per heavy atom. The van der Waals surface area contributed by atoms with Gasteiger partial charge in [-0.25, -0.2) is 0 Å². The summed E-state index contributed by atoms with van der Waals surface area (Å²) in [5, 5.41) is 10.8. The third-order valence-electron chi connectivity index (χ3n) is 3.65. The molecule has 3 aromatic rings. The van der Waals surface area contributed by atoms with Crippen LogP contribution in [-0.2, 0) is 20.8 Å². The predicted octanol–water partition coefficient (Wildman–Crippen LogP) is 3.06. The lowest BCUT2D eigenvalue weighted by molar-refractivity contribution is 0.302. The molecule has 5 nitrogen and oxygen atoms in total. The number of aromatic nitrogens is 1. The van der Waals surface area contributed by atoms with E-state index in [9.17, 15) is 13.5 Å². The number of phenols is 1. The number of benzene rings is 2. The summed E-state index contributed by atoms with van der Waals surface area (Å²) in [7, 11) is -3.77. The minimum absolute atomic E-state index is 0.00563. The standard InChI is InChI=1S/C17H17NO4S/c1-13-5-7-15(8-6-13)23(20,21)22-12-11-18-10-9-14-3-2-4-16(19)17(14)18/h2-10,19H,11-12H2,1H3. The quantitative estimate of drug-likeness (QED) is 0.730. The summed E-state index contributed by atoms with van der Waals surface area (Å²) in [5.41, 5.74) is 1.65. The third-order valence-corrected chi connectivity index (χ3v) is 4.97. The number of para-hydroxylation sites is 1. The second kappa shape index (κ2) is 6.06. The van der Waals surface area contributed by atoms with E-state index in [2.05, 4.69) is 0 Å². The molecule has 1 heterocycles. The minimum Gasteiger partial charge on any atom is -0.506 e.